The second-order valence-electron chi connectivity index (χ2n) is 5.12. The molecule has 2 saturated heterocycles. The normalized spacial score (nSPS) is 28.0. The summed E-state index contributed by atoms with van der Waals surface area (Å²) in [5.41, 5.74) is 5.57. The van der Waals surface area contributed by atoms with Crippen molar-refractivity contribution in [2.45, 2.75) is 38.1 Å². The number of carbonyl (C=O) groups is 1. The first-order valence-electron chi connectivity index (χ1n) is 7.04. The lowest BCUT2D eigenvalue weighted by Gasteiger charge is -2.34. The number of morpholine rings is 1. The van der Waals surface area contributed by atoms with Crippen molar-refractivity contribution in [2.24, 2.45) is 5.73 Å². The molecule has 0 saturated carbocycles. The highest BCUT2D eigenvalue weighted by molar-refractivity contribution is 5.85. The molecule has 0 aliphatic carbocycles. The highest BCUT2D eigenvalue weighted by Crippen LogP contribution is 2.14. The van der Waals surface area contributed by atoms with Crippen LogP contribution in [-0.4, -0.2) is 68.6 Å². The zero-order valence-electron chi connectivity index (χ0n) is 12.0. The van der Waals surface area contributed by atoms with Crippen LogP contribution in [0.15, 0.2) is 0 Å². The van der Waals surface area contributed by atoms with E-state index in [0.29, 0.717) is 32.8 Å². The van der Waals surface area contributed by atoms with Crippen molar-refractivity contribution in [2.75, 3.05) is 39.5 Å². The summed E-state index contributed by atoms with van der Waals surface area (Å²) in [7, 11) is 0. The van der Waals surface area contributed by atoms with Gasteiger partial charge in [-0.15, -0.1) is 12.4 Å². The summed E-state index contributed by atoms with van der Waals surface area (Å²) >= 11 is 0. The Morgan fingerprint density at radius 3 is 2.80 bits per heavy atom. The number of hydrogen-bond acceptors (Lipinski definition) is 5. The Morgan fingerprint density at radius 1 is 1.40 bits per heavy atom. The van der Waals surface area contributed by atoms with Gasteiger partial charge in [0.2, 0.25) is 0 Å². The Kier molecular flexibility index (Phi) is 7.76. The van der Waals surface area contributed by atoms with Crippen molar-refractivity contribution in [1.82, 2.24) is 4.90 Å². The number of carbonyl (C=O) groups excluding carboxylic acids is 1. The molecule has 7 heteroatoms. The number of ether oxygens (including phenoxy) is 3. The van der Waals surface area contributed by atoms with Gasteiger partial charge < -0.3 is 24.8 Å². The predicted octanol–water partition coefficient (Wildman–Crippen LogP) is 0.178. The van der Waals surface area contributed by atoms with E-state index in [-0.39, 0.29) is 30.5 Å². The molecule has 0 spiro atoms. The first-order valence-corrected chi connectivity index (χ1v) is 7.04. The van der Waals surface area contributed by atoms with E-state index in [2.05, 4.69) is 0 Å². The highest BCUT2D eigenvalue weighted by Gasteiger charge is 2.28. The quantitative estimate of drug-likeness (QED) is 0.784. The van der Waals surface area contributed by atoms with Crippen LogP contribution in [0.4, 0.5) is 0 Å². The Morgan fingerprint density at radius 2 is 2.15 bits per heavy atom. The Labute approximate surface area is 126 Å². The Bertz CT molecular complexity index is 300. The third kappa shape index (κ3) is 4.86. The molecule has 2 aliphatic rings. The smallest absolute Gasteiger partial charge is 0.251 e. The van der Waals surface area contributed by atoms with Crippen LogP contribution in [0.25, 0.3) is 0 Å². The first kappa shape index (κ1) is 17.7. The van der Waals surface area contributed by atoms with Crippen molar-refractivity contribution in [3.63, 3.8) is 0 Å². The van der Waals surface area contributed by atoms with E-state index in [1.807, 2.05) is 0 Å². The molecule has 2 N–H and O–H groups in total. The zero-order valence-corrected chi connectivity index (χ0v) is 12.8. The number of nitrogens with zero attached hydrogens (tertiary/aromatic N) is 1. The molecule has 2 fully saturated rings. The number of hydrogen-bond donors (Lipinski definition) is 1. The van der Waals surface area contributed by atoms with E-state index in [1.165, 1.54) is 0 Å². The Balaban J connectivity index is 0.00000200. The van der Waals surface area contributed by atoms with E-state index in [1.54, 1.807) is 11.8 Å². The SMILES string of the molecule is CC(OCC1CCCO1)C(=O)N1CCOC(CN)C1.Cl. The predicted molar refractivity (Wildman–Crippen MR) is 77.0 cm³/mol. The van der Waals surface area contributed by atoms with Gasteiger partial charge in [0.25, 0.3) is 5.91 Å². The number of nitrogens with two attached hydrogens (primary N) is 1. The van der Waals surface area contributed by atoms with Crippen molar-refractivity contribution in [3.05, 3.63) is 0 Å². The monoisotopic (exact) mass is 308 g/mol. The molecular formula is C13H25ClN2O4. The summed E-state index contributed by atoms with van der Waals surface area (Å²) in [6, 6.07) is 0. The maximum atomic E-state index is 12.2. The molecule has 0 aromatic heterocycles. The molecule has 0 aromatic rings. The molecular weight excluding hydrogens is 284 g/mol. The average molecular weight is 309 g/mol. The second kappa shape index (κ2) is 8.79. The molecule has 0 bridgehead atoms. The highest BCUT2D eigenvalue weighted by atomic mass is 35.5. The summed E-state index contributed by atoms with van der Waals surface area (Å²) in [6.07, 6.45) is 1.77. The maximum Gasteiger partial charge on any atom is 0.251 e. The fourth-order valence-corrected chi connectivity index (χ4v) is 2.42. The fourth-order valence-electron chi connectivity index (χ4n) is 2.42. The van der Waals surface area contributed by atoms with Crippen LogP contribution in [0, 0.1) is 0 Å². The van der Waals surface area contributed by atoms with Gasteiger partial charge in [0, 0.05) is 26.2 Å². The summed E-state index contributed by atoms with van der Waals surface area (Å²) in [6.45, 7) is 5.26. The van der Waals surface area contributed by atoms with Crippen molar-refractivity contribution in [1.29, 1.82) is 0 Å². The van der Waals surface area contributed by atoms with E-state index < -0.39 is 6.10 Å². The largest absolute Gasteiger partial charge is 0.376 e. The van der Waals surface area contributed by atoms with Crippen molar-refractivity contribution >= 4 is 18.3 Å². The van der Waals surface area contributed by atoms with E-state index in [9.17, 15) is 4.79 Å². The van der Waals surface area contributed by atoms with Gasteiger partial charge in [-0.3, -0.25) is 4.79 Å². The molecule has 1 amide bonds. The summed E-state index contributed by atoms with van der Waals surface area (Å²) in [4.78, 5) is 14.0. The van der Waals surface area contributed by atoms with Gasteiger partial charge in [-0.25, -0.2) is 0 Å². The van der Waals surface area contributed by atoms with Crippen molar-refractivity contribution < 1.29 is 19.0 Å². The number of halogens is 1. The van der Waals surface area contributed by atoms with Gasteiger partial charge in [0.05, 0.1) is 25.4 Å². The molecule has 3 unspecified atom stereocenters. The number of rotatable bonds is 5. The minimum atomic E-state index is -0.430. The third-order valence-corrected chi connectivity index (χ3v) is 3.62. The van der Waals surface area contributed by atoms with E-state index in [0.717, 1.165) is 19.4 Å². The topological polar surface area (TPSA) is 74.0 Å². The molecule has 6 nitrogen and oxygen atoms in total. The van der Waals surface area contributed by atoms with Gasteiger partial charge in [0.1, 0.15) is 6.10 Å². The molecule has 2 heterocycles. The van der Waals surface area contributed by atoms with Crippen LogP contribution in [0.2, 0.25) is 0 Å². The van der Waals surface area contributed by atoms with Gasteiger partial charge in [-0.2, -0.15) is 0 Å². The second-order valence-corrected chi connectivity index (χ2v) is 5.12. The van der Waals surface area contributed by atoms with Gasteiger partial charge in [0.15, 0.2) is 0 Å². The first-order chi connectivity index (χ1) is 9.20. The van der Waals surface area contributed by atoms with Crippen molar-refractivity contribution in [3.8, 4) is 0 Å². The molecule has 0 aromatic carbocycles. The third-order valence-electron chi connectivity index (χ3n) is 3.62. The summed E-state index contributed by atoms with van der Waals surface area (Å²) in [5, 5.41) is 0. The van der Waals surface area contributed by atoms with Crippen LogP contribution in [0.3, 0.4) is 0 Å². The fraction of sp³-hybridized carbons (Fsp3) is 0.923. The minimum Gasteiger partial charge on any atom is -0.376 e. The zero-order chi connectivity index (χ0) is 13.7. The standard InChI is InChI=1S/C13H24N2O4.ClH/c1-10(19-9-11-3-2-5-17-11)13(16)15-4-6-18-12(7-14)8-15;/h10-12H,2-9,14H2,1H3;1H. The van der Waals surface area contributed by atoms with Gasteiger partial charge >= 0.3 is 0 Å². The molecule has 2 rings (SSSR count). The lowest BCUT2D eigenvalue weighted by molar-refractivity contribution is -0.151. The maximum absolute atomic E-state index is 12.2. The van der Waals surface area contributed by atoms with Crippen LogP contribution < -0.4 is 5.73 Å². The molecule has 2 aliphatic heterocycles. The summed E-state index contributed by atoms with van der Waals surface area (Å²) in [5.74, 6) is 0.0137. The lowest BCUT2D eigenvalue weighted by Crippen LogP contribution is -2.51. The van der Waals surface area contributed by atoms with Crippen LogP contribution in [0.5, 0.6) is 0 Å². The average Bonchev–Trinajstić information content (AvgIpc) is 2.97. The molecule has 118 valence electrons. The van der Waals surface area contributed by atoms with E-state index in [4.69, 9.17) is 19.9 Å². The van der Waals surface area contributed by atoms with Gasteiger partial charge in [-0.05, 0) is 19.8 Å². The summed E-state index contributed by atoms with van der Waals surface area (Å²) < 4.78 is 16.5. The van der Waals surface area contributed by atoms with Gasteiger partial charge in [-0.1, -0.05) is 0 Å². The van der Waals surface area contributed by atoms with E-state index >= 15 is 0 Å². The molecule has 20 heavy (non-hydrogen) atoms. The minimum absolute atomic E-state index is 0. The number of amides is 1. The van der Waals surface area contributed by atoms with Crippen LogP contribution in [0.1, 0.15) is 19.8 Å². The van der Waals surface area contributed by atoms with Crippen LogP contribution >= 0.6 is 12.4 Å². The van der Waals surface area contributed by atoms with Crippen LogP contribution in [-0.2, 0) is 19.0 Å². The Hall–Kier alpha value is -0.400. The molecule has 3 atom stereocenters. The molecule has 0 radical (unpaired) electrons. The lowest BCUT2D eigenvalue weighted by atomic mass is 10.2.